The van der Waals surface area contributed by atoms with Gasteiger partial charge >= 0.3 is 0 Å². The Morgan fingerprint density at radius 3 is 2.85 bits per heavy atom. The average molecular weight is 289 g/mol. The number of hydrogen-bond acceptors (Lipinski definition) is 4. The lowest BCUT2D eigenvalue weighted by Gasteiger charge is -2.38. The maximum atomic E-state index is 12.2. The van der Waals surface area contributed by atoms with Crippen LogP contribution in [0.4, 0.5) is 0 Å². The number of thiazole rings is 1. The Kier molecular flexibility index (Phi) is 3.48. The molecule has 0 spiro atoms. The van der Waals surface area contributed by atoms with Crippen molar-refractivity contribution < 1.29 is 4.79 Å². The van der Waals surface area contributed by atoms with Gasteiger partial charge in [-0.1, -0.05) is 12.1 Å². The zero-order valence-electron chi connectivity index (χ0n) is 11.6. The summed E-state index contributed by atoms with van der Waals surface area (Å²) in [6.07, 6.45) is 3.53. The van der Waals surface area contributed by atoms with Gasteiger partial charge in [0, 0.05) is 19.0 Å². The highest BCUT2D eigenvalue weighted by Crippen LogP contribution is 2.32. The van der Waals surface area contributed by atoms with Crippen LogP contribution in [-0.2, 0) is 11.3 Å². The van der Waals surface area contributed by atoms with Crippen molar-refractivity contribution >= 4 is 27.5 Å². The van der Waals surface area contributed by atoms with E-state index in [0.717, 1.165) is 34.5 Å². The molecule has 1 aliphatic carbocycles. The van der Waals surface area contributed by atoms with Gasteiger partial charge < -0.3 is 10.6 Å². The summed E-state index contributed by atoms with van der Waals surface area (Å²) in [5.74, 6) is 0.117. The van der Waals surface area contributed by atoms with Crippen molar-refractivity contribution in [2.45, 2.75) is 37.8 Å². The summed E-state index contributed by atoms with van der Waals surface area (Å²) in [4.78, 5) is 18.5. The number of carbonyl (C=O) groups excluding carboxylic acids is 1. The maximum absolute atomic E-state index is 12.2. The summed E-state index contributed by atoms with van der Waals surface area (Å²) < 4.78 is 1.16. The minimum Gasteiger partial charge on any atom is -0.339 e. The molecule has 0 saturated heterocycles. The largest absolute Gasteiger partial charge is 0.339 e. The summed E-state index contributed by atoms with van der Waals surface area (Å²) >= 11 is 1.64. The monoisotopic (exact) mass is 289 g/mol. The van der Waals surface area contributed by atoms with Gasteiger partial charge in [-0.3, -0.25) is 4.79 Å². The molecular weight excluding hydrogens is 270 g/mol. The number of nitrogens with zero attached hydrogens (tertiary/aromatic N) is 2. The summed E-state index contributed by atoms with van der Waals surface area (Å²) in [5, 5.41) is 0.974. The second kappa shape index (κ2) is 5.14. The van der Waals surface area contributed by atoms with Gasteiger partial charge in [0.25, 0.3) is 0 Å². The van der Waals surface area contributed by atoms with Gasteiger partial charge in [0.1, 0.15) is 5.01 Å². The lowest BCUT2D eigenvalue weighted by molar-refractivity contribution is -0.132. The van der Waals surface area contributed by atoms with Crippen molar-refractivity contribution in [2.75, 3.05) is 7.05 Å². The van der Waals surface area contributed by atoms with Crippen LogP contribution < -0.4 is 5.73 Å². The molecule has 0 radical (unpaired) electrons. The van der Waals surface area contributed by atoms with E-state index in [1.165, 1.54) is 0 Å². The van der Waals surface area contributed by atoms with E-state index in [9.17, 15) is 4.79 Å². The van der Waals surface area contributed by atoms with Crippen molar-refractivity contribution in [3.63, 3.8) is 0 Å². The molecule has 5 heteroatoms. The molecule has 0 bridgehead atoms. The molecule has 1 heterocycles. The number of carbonyl (C=O) groups is 1. The highest BCUT2D eigenvalue weighted by Gasteiger charge is 2.35. The number of amides is 1. The Bertz CT molecular complexity index is 600. The van der Waals surface area contributed by atoms with Gasteiger partial charge in [0.2, 0.25) is 5.91 Å². The fourth-order valence-corrected chi connectivity index (χ4v) is 3.54. The molecule has 2 N–H and O–H groups in total. The quantitative estimate of drug-likeness (QED) is 0.941. The first-order chi connectivity index (χ1) is 9.56. The van der Waals surface area contributed by atoms with Crippen molar-refractivity contribution in [2.24, 2.45) is 5.73 Å². The fraction of sp³-hybridized carbons (Fsp3) is 0.467. The molecule has 4 nitrogen and oxygen atoms in total. The zero-order valence-corrected chi connectivity index (χ0v) is 12.4. The maximum Gasteiger partial charge on any atom is 0.224 e. The van der Waals surface area contributed by atoms with Gasteiger partial charge in [0.15, 0.2) is 0 Å². The Morgan fingerprint density at radius 1 is 1.45 bits per heavy atom. The molecule has 106 valence electrons. The first kappa shape index (κ1) is 13.5. The number of hydrogen-bond donors (Lipinski definition) is 1. The molecule has 0 unspecified atom stereocenters. The third kappa shape index (κ3) is 2.69. The van der Waals surface area contributed by atoms with E-state index in [1.54, 1.807) is 16.2 Å². The number of benzene rings is 1. The van der Waals surface area contributed by atoms with E-state index in [-0.39, 0.29) is 11.4 Å². The van der Waals surface area contributed by atoms with E-state index in [4.69, 9.17) is 5.73 Å². The van der Waals surface area contributed by atoms with Gasteiger partial charge in [0.05, 0.1) is 16.8 Å². The Balaban J connectivity index is 1.65. The molecule has 0 aliphatic heterocycles. The Hall–Kier alpha value is -1.46. The first-order valence-corrected chi connectivity index (χ1v) is 7.75. The Morgan fingerprint density at radius 2 is 2.20 bits per heavy atom. The van der Waals surface area contributed by atoms with Crippen LogP contribution in [0, 0.1) is 0 Å². The lowest BCUT2D eigenvalue weighted by Crippen LogP contribution is -2.50. The van der Waals surface area contributed by atoms with E-state index < -0.39 is 0 Å². The van der Waals surface area contributed by atoms with E-state index in [2.05, 4.69) is 11.1 Å². The van der Waals surface area contributed by atoms with Crippen molar-refractivity contribution in [3.05, 3.63) is 29.3 Å². The highest BCUT2D eigenvalue weighted by atomic mass is 32.1. The van der Waals surface area contributed by atoms with Crippen molar-refractivity contribution in [1.82, 2.24) is 9.88 Å². The number of nitrogens with two attached hydrogens (primary N) is 1. The van der Waals surface area contributed by atoms with E-state index in [0.29, 0.717) is 13.0 Å². The van der Waals surface area contributed by atoms with Crippen LogP contribution in [0.2, 0.25) is 0 Å². The van der Waals surface area contributed by atoms with Crippen LogP contribution in [-0.4, -0.2) is 28.4 Å². The topological polar surface area (TPSA) is 59.2 Å². The number of para-hydroxylation sites is 1. The normalized spacial score (nSPS) is 16.9. The second-order valence-corrected chi connectivity index (χ2v) is 6.83. The summed E-state index contributed by atoms with van der Waals surface area (Å²) in [6.45, 7) is 0.564. The lowest BCUT2D eigenvalue weighted by atomic mass is 9.75. The predicted octanol–water partition coefficient (Wildman–Crippen LogP) is 2.53. The van der Waals surface area contributed by atoms with Crippen LogP contribution in [0.15, 0.2) is 24.3 Å². The van der Waals surface area contributed by atoms with Crippen LogP contribution in [0.25, 0.3) is 10.2 Å². The van der Waals surface area contributed by atoms with Crippen molar-refractivity contribution in [1.29, 1.82) is 0 Å². The summed E-state index contributed by atoms with van der Waals surface area (Å²) in [6, 6.07) is 8.05. The third-order valence-corrected chi connectivity index (χ3v) is 5.01. The molecule has 1 aromatic carbocycles. The smallest absolute Gasteiger partial charge is 0.224 e. The summed E-state index contributed by atoms with van der Waals surface area (Å²) in [5.41, 5.74) is 6.89. The van der Waals surface area contributed by atoms with Gasteiger partial charge in [-0.25, -0.2) is 4.98 Å². The number of rotatable bonds is 4. The number of fused-ring (bicyclic) bond motifs is 1. The van der Waals surface area contributed by atoms with E-state index in [1.807, 2.05) is 25.2 Å². The first-order valence-electron chi connectivity index (χ1n) is 6.93. The predicted molar refractivity (Wildman–Crippen MR) is 81.5 cm³/mol. The third-order valence-electron chi connectivity index (χ3n) is 3.99. The fourth-order valence-electron chi connectivity index (χ4n) is 2.52. The van der Waals surface area contributed by atoms with E-state index >= 15 is 0 Å². The van der Waals surface area contributed by atoms with Crippen LogP contribution in [0.3, 0.4) is 0 Å². The summed E-state index contributed by atoms with van der Waals surface area (Å²) in [7, 11) is 1.83. The molecule has 3 rings (SSSR count). The molecule has 1 aromatic heterocycles. The molecule has 1 amide bonds. The van der Waals surface area contributed by atoms with Gasteiger partial charge in [-0.05, 0) is 31.4 Å². The minimum atomic E-state index is -0.251. The SMILES string of the molecule is CN(Cc1nc2ccccc2s1)C(=O)CC1(N)CCC1. The van der Waals surface area contributed by atoms with Crippen molar-refractivity contribution in [3.8, 4) is 0 Å². The molecule has 20 heavy (non-hydrogen) atoms. The highest BCUT2D eigenvalue weighted by molar-refractivity contribution is 7.18. The zero-order chi connectivity index (χ0) is 14.2. The molecular formula is C15H19N3OS. The standard InChI is InChI=1S/C15H19N3OS/c1-18(14(19)9-15(16)7-4-8-15)10-13-17-11-5-2-3-6-12(11)20-13/h2-3,5-6H,4,7-10,16H2,1H3. The van der Waals surface area contributed by atoms with Gasteiger partial charge in [-0.15, -0.1) is 11.3 Å². The van der Waals surface area contributed by atoms with Crippen LogP contribution in [0.1, 0.15) is 30.7 Å². The molecule has 0 atom stereocenters. The second-order valence-electron chi connectivity index (χ2n) is 5.72. The molecule has 2 aromatic rings. The van der Waals surface area contributed by atoms with Crippen LogP contribution in [0.5, 0.6) is 0 Å². The van der Waals surface area contributed by atoms with Crippen LogP contribution >= 0.6 is 11.3 Å². The minimum absolute atomic E-state index is 0.117. The Labute approximate surface area is 122 Å². The number of aromatic nitrogens is 1. The van der Waals surface area contributed by atoms with Gasteiger partial charge in [-0.2, -0.15) is 0 Å². The average Bonchev–Trinajstić information content (AvgIpc) is 2.78. The molecule has 1 aliphatic rings. The molecule has 1 fully saturated rings. The molecule has 1 saturated carbocycles.